The first-order valence-electron chi connectivity index (χ1n) is 8.59. The molecular weight excluding hydrogens is 350 g/mol. The summed E-state index contributed by atoms with van der Waals surface area (Å²) in [4.78, 5) is 4.30. The van der Waals surface area contributed by atoms with E-state index < -0.39 is 10.0 Å². The van der Waals surface area contributed by atoms with Crippen LogP contribution in [0.25, 0.3) is 0 Å². The molecule has 0 bridgehead atoms. The summed E-state index contributed by atoms with van der Waals surface area (Å²) in [5.74, 6) is 0.472. The maximum absolute atomic E-state index is 12.4. The van der Waals surface area contributed by atoms with Crippen molar-refractivity contribution < 1.29 is 8.42 Å². The zero-order chi connectivity index (χ0) is 18.6. The second-order valence-corrected chi connectivity index (χ2v) is 8.13. The Morgan fingerprint density at radius 3 is 2.46 bits per heavy atom. The van der Waals surface area contributed by atoms with E-state index in [9.17, 15) is 8.42 Å². The number of sulfonamides is 1. The minimum atomic E-state index is -3.53. The third-order valence-electron chi connectivity index (χ3n) is 4.39. The fraction of sp³-hybridized carbons (Fsp3) is 0.333. The van der Waals surface area contributed by atoms with Gasteiger partial charge in [-0.2, -0.15) is 5.10 Å². The Hall–Kier alpha value is -2.45. The second-order valence-electron chi connectivity index (χ2n) is 6.41. The molecule has 2 aromatic rings. The summed E-state index contributed by atoms with van der Waals surface area (Å²) in [5, 5.41) is 4.27. The van der Waals surface area contributed by atoms with Gasteiger partial charge in [0.05, 0.1) is 5.71 Å². The van der Waals surface area contributed by atoms with Crippen molar-refractivity contribution in [3.05, 3.63) is 48.2 Å². The number of nitrogen functional groups attached to an aromatic ring is 1. The topological polar surface area (TPSA) is 109 Å². The lowest BCUT2D eigenvalue weighted by Crippen LogP contribution is -2.32. The van der Waals surface area contributed by atoms with Gasteiger partial charge in [-0.25, -0.2) is 18.1 Å². The van der Waals surface area contributed by atoms with Crippen molar-refractivity contribution >= 4 is 27.2 Å². The number of hydrogen-bond acceptors (Lipinski definition) is 6. The zero-order valence-corrected chi connectivity index (χ0v) is 15.5. The Morgan fingerprint density at radius 1 is 1.15 bits per heavy atom. The SMILES string of the molecule is C/C(=N/Nc1ccc(S(=O)(=O)NC2CCCC2)cn1)c1ccc(N)cc1. The van der Waals surface area contributed by atoms with E-state index in [1.54, 1.807) is 6.07 Å². The van der Waals surface area contributed by atoms with Crippen LogP contribution in [-0.4, -0.2) is 25.2 Å². The third kappa shape index (κ3) is 4.59. The first-order chi connectivity index (χ1) is 12.4. The molecule has 0 atom stereocenters. The van der Waals surface area contributed by atoms with Gasteiger partial charge in [-0.1, -0.05) is 25.0 Å². The van der Waals surface area contributed by atoms with Gasteiger partial charge in [-0.3, -0.25) is 5.43 Å². The summed E-state index contributed by atoms with van der Waals surface area (Å²) in [6.07, 6.45) is 5.27. The van der Waals surface area contributed by atoms with E-state index in [2.05, 4.69) is 20.2 Å². The predicted molar refractivity (Wildman–Crippen MR) is 104 cm³/mol. The lowest BCUT2D eigenvalue weighted by atomic mass is 10.1. The van der Waals surface area contributed by atoms with Crippen molar-refractivity contribution in [3.8, 4) is 0 Å². The molecule has 1 fully saturated rings. The second kappa shape index (κ2) is 7.84. The largest absolute Gasteiger partial charge is 0.399 e. The van der Waals surface area contributed by atoms with E-state index in [-0.39, 0.29) is 10.9 Å². The Morgan fingerprint density at radius 2 is 1.85 bits per heavy atom. The maximum atomic E-state index is 12.4. The summed E-state index contributed by atoms with van der Waals surface area (Å²) in [6, 6.07) is 10.5. The molecular formula is C18H23N5O2S. The molecule has 0 aliphatic heterocycles. The number of nitrogens with two attached hydrogens (primary N) is 1. The van der Waals surface area contributed by atoms with E-state index in [1.807, 2.05) is 31.2 Å². The van der Waals surface area contributed by atoms with Gasteiger partial charge in [0.1, 0.15) is 10.7 Å². The molecule has 8 heteroatoms. The van der Waals surface area contributed by atoms with Crippen LogP contribution in [0.3, 0.4) is 0 Å². The standard InChI is InChI=1S/C18H23N5O2S/c1-13(14-6-8-15(19)9-7-14)21-22-18-11-10-17(12-20-18)26(24,25)23-16-4-2-3-5-16/h6-12,16,23H,2-5,19H2,1H3,(H,20,22)/b21-13-. The first-order valence-corrected chi connectivity index (χ1v) is 10.1. The molecule has 0 unspecified atom stereocenters. The fourth-order valence-corrected chi connectivity index (χ4v) is 4.12. The highest BCUT2D eigenvalue weighted by molar-refractivity contribution is 7.89. The number of rotatable bonds is 6. The molecule has 1 aliphatic rings. The van der Waals surface area contributed by atoms with Crippen molar-refractivity contribution in [2.24, 2.45) is 5.10 Å². The van der Waals surface area contributed by atoms with Crippen LogP contribution in [0.2, 0.25) is 0 Å². The van der Waals surface area contributed by atoms with E-state index in [0.29, 0.717) is 11.5 Å². The number of hydrazone groups is 1. The molecule has 1 aliphatic carbocycles. The number of hydrogen-bond donors (Lipinski definition) is 3. The molecule has 7 nitrogen and oxygen atoms in total. The van der Waals surface area contributed by atoms with Gasteiger partial charge in [0, 0.05) is 17.9 Å². The van der Waals surface area contributed by atoms with Crippen molar-refractivity contribution in [2.45, 2.75) is 43.5 Å². The van der Waals surface area contributed by atoms with Gasteiger partial charge < -0.3 is 5.73 Å². The number of aromatic nitrogens is 1. The fourth-order valence-electron chi connectivity index (χ4n) is 2.87. The zero-order valence-electron chi connectivity index (χ0n) is 14.6. The van der Waals surface area contributed by atoms with E-state index in [1.165, 1.54) is 12.3 Å². The van der Waals surface area contributed by atoms with E-state index in [4.69, 9.17) is 5.73 Å². The molecule has 0 spiro atoms. The minimum absolute atomic E-state index is 0.0324. The summed E-state index contributed by atoms with van der Waals surface area (Å²) in [6.45, 7) is 1.86. The van der Waals surface area contributed by atoms with Crippen LogP contribution in [0.4, 0.5) is 11.5 Å². The molecule has 0 radical (unpaired) electrons. The smallest absolute Gasteiger partial charge is 0.242 e. The molecule has 0 amide bonds. The van der Waals surface area contributed by atoms with E-state index in [0.717, 1.165) is 37.0 Å². The van der Waals surface area contributed by atoms with Gasteiger partial charge in [0.2, 0.25) is 10.0 Å². The first kappa shape index (κ1) is 18.3. The van der Waals surface area contributed by atoms with E-state index >= 15 is 0 Å². The van der Waals surface area contributed by atoms with Crippen molar-refractivity contribution in [1.29, 1.82) is 0 Å². The molecule has 1 aromatic carbocycles. The lowest BCUT2D eigenvalue weighted by Gasteiger charge is -2.12. The molecule has 0 saturated heterocycles. The average molecular weight is 373 g/mol. The summed E-state index contributed by atoms with van der Waals surface area (Å²) in [7, 11) is -3.53. The predicted octanol–water partition coefficient (Wildman–Crippen LogP) is 2.72. The molecule has 1 saturated carbocycles. The minimum Gasteiger partial charge on any atom is -0.399 e. The highest BCUT2D eigenvalue weighted by Gasteiger charge is 2.23. The van der Waals surface area contributed by atoms with Gasteiger partial charge in [-0.15, -0.1) is 0 Å². The Kier molecular flexibility index (Phi) is 5.53. The number of nitrogens with one attached hydrogen (secondary N) is 2. The number of benzene rings is 1. The molecule has 3 rings (SSSR count). The van der Waals surface area contributed by atoms with Crippen molar-refractivity contribution in [1.82, 2.24) is 9.71 Å². The van der Waals surface area contributed by atoms with Crippen LogP contribution in [0.1, 0.15) is 38.2 Å². The summed E-state index contributed by atoms with van der Waals surface area (Å²) < 4.78 is 27.5. The summed E-state index contributed by atoms with van der Waals surface area (Å²) >= 11 is 0. The third-order valence-corrected chi connectivity index (χ3v) is 5.90. The molecule has 4 N–H and O–H groups in total. The maximum Gasteiger partial charge on any atom is 0.242 e. The van der Waals surface area contributed by atoms with Gasteiger partial charge in [-0.05, 0) is 49.6 Å². The highest BCUT2D eigenvalue weighted by atomic mass is 32.2. The van der Waals surface area contributed by atoms with Crippen LogP contribution in [0.15, 0.2) is 52.6 Å². The molecule has 1 heterocycles. The van der Waals surface area contributed by atoms with Crippen LogP contribution in [0.5, 0.6) is 0 Å². The van der Waals surface area contributed by atoms with Gasteiger partial charge in [0.15, 0.2) is 0 Å². The highest BCUT2D eigenvalue weighted by Crippen LogP contribution is 2.20. The monoisotopic (exact) mass is 373 g/mol. The number of anilines is 2. The Balaban J connectivity index is 1.65. The van der Waals surface area contributed by atoms with Crippen molar-refractivity contribution in [2.75, 3.05) is 11.2 Å². The molecule has 1 aromatic heterocycles. The van der Waals surface area contributed by atoms with Gasteiger partial charge >= 0.3 is 0 Å². The van der Waals surface area contributed by atoms with Crippen LogP contribution < -0.4 is 15.9 Å². The normalized spacial score (nSPS) is 16.0. The Labute approximate surface area is 153 Å². The Bertz CT molecular complexity index is 871. The van der Waals surface area contributed by atoms with Crippen LogP contribution >= 0.6 is 0 Å². The lowest BCUT2D eigenvalue weighted by molar-refractivity contribution is 0.552. The van der Waals surface area contributed by atoms with Crippen LogP contribution in [-0.2, 0) is 10.0 Å². The summed E-state index contributed by atoms with van der Waals surface area (Å²) in [5.41, 5.74) is 10.9. The van der Waals surface area contributed by atoms with Crippen molar-refractivity contribution in [3.63, 3.8) is 0 Å². The molecule has 26 heavy (non-hydrogen) atoms. The average Bonchev–Trinajstić information content (AvgIpc) is 3.13. The molecule has 138 valence electrons. The van der Waals surface area contributed by atoms with Gasteiger partial charge in [0.25, 0.3) is 0 Å². The number of nitrogens with zero attached hydrogens (tertiary/aromatic N) is 2. The number of pyridine rings is 1. The quantitative estimate of drug-likeness (QED) is 0.410. The van der Waals surface area contributed by atoms with Crippen LogP contribution in [0, 0.1) is 0 Å².